The number of hydrogen-bond acceptors (Lipinski definition) is 5. The van der Waals surface area contributed by atoms with Crippen LogP contribution in [-0.4, -0.2) is 40.6 Å². The lowest BCUT2D eigenvalue weighted by Gasteiger charge is -2.41. The molecule has 1 heterocycles. The van der Waals surface area contributed by atoms with Crippen molar-refractivity contribution in [3.63, 3.8) is 0 Å². The van der Waals surface area contributed by atoms with Crippen molar-refractivity contribution in [1.82, 2.24) is 4.90 Å². The number of likely N-dealkylation sites (tertiary alicyclic amines) is 1. The quantitative estimate of drug-likeness (QED) is 0.714. The normalized spacial score (nSPS) is 21.4. The highest BCUT2D eigenvalue weighted by Crippen LogP contribution is 2.55. The molecule has 0 radical (unpaired) electrons. The molecule has 162 valence electrons. The number of carboxylic acids is 1. The Labute approximate surface area is 180 Å². The van der Waals surface area contributed by atoms with Crippen LogP contribution < -0.4 is 0 Å². The summed E-state index contributed by atoms with van der Waals surface area (Å²) in [4.78, 5) is 39.2. The monoisotopic (exact) mass is 423 g/mol. The summed E-state index contributed by atoms with van der Waals surface area (Å²) in [6.07, 6.45) is 1.34. The number of aliphatic carboxylic acids is 1. The van der Waals surface area contributed by atoms with Crippen molar-refractivity contribution in [3.8, 4) is 0 Å². The van der Waals surface area contributed by atoms with Crippen LogP contribution in [0.5, 0.6) is 0 Å². The number of carboxylic acid groups (broad SMARTS) is 1. The summed E-state index contributed by atoms with van der Waals surface area (Å²) in [5, 5.41) is 9.82. The molecule has 4 rings (SSSR count). The molecule has 1 saturated heterocycles. The van der Waals surface area contributed by atoms with Crippen LogP contribution in [0.1, 0.15) is 30.4 Å². The Kier molecular flexibility index (Phi) is 5.93. The molecule has 1 spiro atoms. The number of hydrogen-bond donors (Lipinski definition) is 1. The summed E-state index contributed by atoms with van der Waals surface area (Å²) in [5.74, 6) is -2.85. The fraction of sp³-hybridized carbons (Fsp3) is 0.375. The Morgan fingerprint density at radius 3 is 1.97 bits per heavy atom. The number of piperidine rings is 1. The summed E-state index contributed by atoms with van der Waals surface area (Å²) in [6, 6.07) is 17.1. The average Bonchev–Trinajstić information content (AvgIpc) is 3.54. The minimum absolute atomic E-state index is 0.0144. The van der Waals surface area contributed by atoms with Gasteiger partial charge in [-0.05, 0) is 35.8 Å². The Morgan fingerprint density at radius 2 is 1.45 bits per heavy atom. The van der Waals surface area contributed by atoms with Crippen molar-refractivity contribution in [2.45, 2.75) is 38.5 Å². The molecule has 2 aromatic carbocycles. The van der Waals surface area contributed by atoms with E-state index >= 15 is 0 Å². The molecule has 1 aliphatic carbocycles. The Morgan fingerprint density at radius 1 is 0.903 bits per heavy atom. The first-order chi connectivity index (χ1) is 15.0. The summed E-state index contributed by atoms with van der Waals surface area (Å²) in [6.45, 7) is 0.364. The second-order valence-electron chi connectivity index (χ2n) is 8.36. The molecule has 7 heteroatoms. The lowest BCUT2D eigenvalue weighted by Crippen LogP contribution is -2.58. The number of carbonyl (C=O) groups is 3. The van der Waals surface area contributed by atoms with Gasteiger partial charge in [0.05, 0.1) is 5.92 Å². The minimum atomic E-state index is -1.21. The molecule has 1 saturated carbocycles. The van der Waals surface area contributed by atoms with Crippen LogP contribution in [0.4, 0.5) is 4.79 Å². The van der Waals surface area contributed by atoms with E-state index in [0.29, 0.717) is 13.0 Å². The molecule has 7 nitrogen and oxygen atoms in total. The number of carbonyl (C=O) groups excluding carboxylic acids is 2. The molecule has 31 heavy (non-hydrogen) atoms. The topological polar surface area (TPSA) is 93.1 Å². The van der Waals surface area contributed by atoms with Gasteiger partial charge in [0.25, 0.3) is 0 Å². The summed E-state index contributed by atoms with van der Waals surface area (Å²) >= 11 is 0. The van der Waals surface area contributed by atoms with E-state index in [2.05, 4.69) is 0 Å². The molecule has 2 atom stereocenters. The van der Waals surface area contributed by atoms with E-state index < -0.39 is 30.0 Å². The first-order valence-corrected chi connectivity index (χ1v) is 10.4. The van der Waals surface area contributed by atoms with Gasteiger partial charge in [-0.25, -0.2) is 9.59 Å². The number of amides is 1. The Bertz CT molecular complexity index is 941. The van der Waals surface area contributed by atoms with Crippen LogP contribution in [0.15, 0.2) is 60.7 Å². The average molecular weight is 423 g/mol. The van der Waals surface area contributed by atoms with E-state index in [-0.39, 0.29) is 18.6 Å². The standard InChI is InChI=1S/C24H25NO6/c26-21(27)19-13-24(11-12-24)16-25(23(29)31-15-18-9-5-2-6-10-18)20(19)22(28)30-14-17-7-3-1-4-8-17/h1-10,19-20H,11-16H2,(H,26,27)/t19-,20-/m0/s1. The summed E-state index contributed by atoms with van der Waals surface area (Å²) in [7, 11) is 0. The number of benzene rings is 2. The van der Waals surface area contributed by atoms with Gasteiger partial charge in [0.2, 0.25) is 0 Å². The van der Waals surface area contributed by atoms with E-state index in [1.165, 1.54) is 4.90 Å². The smallest absolute Gasteiger partial charge is 0.410 e. The predicted octanol–water partition coefficient (Wildman–Crippen LogP) is 3.62. The third-order valence-corrected chi connectivity index (χ3v) is 6.05. The van der Waals surface area contributed by atoms with E-state index in [1.54, 1.807) is 0 Å². The molecular formula is C24H25NO6. The van der Waals surface area contributed by atoms with Crippen LogP contribution in [0, 0.1) is 11.3 Å². The van der Waals surface area contributed by atoms with Gasteiger partial charge >= 0.3 is 18.0 Å². The number of esters is 1. The highest BCUT2D eigenvalue weighted by molar-refractivity contribution is 5.88. The number of ether oxygens (including phenoxy) is 2. The van der Waals surface area contributed by atoms with Gasteiger partial charge in [-0.15, -0.1) is 0 Å². The number of rotatable bonds is 6. The van der Waals surface area contributed by atoms with E-state index in [4.69, 9.17) is 9.47 Å². The third kappa shape index (κ3) is 4.87. The minimum Gasteiger partial charge on any atom is -0.481 e. The second-order valence-corrected chi connectivity index (χ2v) is 8.36. The van der Waals surface area contributed by atoms with Crippen molar-refractivity contribution in [1.29, 1.82) is 0 Å². The van der Waals surface area contributed by atoms with Crippen molar-refractivity contribution in [2.24, 2.45) is 11.3 Å². The molecule has 0 bridgehead atoms. The Hall–Kier alpha value is -3.35. The molecule has 2 aromatic rings. The van der Waals surface area contributed by atoms with Gasteiger partial charge in [0, 0.05) is 6.54 Å². The number of nitrogens with zero attached hydrogens (tertiary/aromatic N) is 1. The highest BCUT2D eigenvalue weighted by Gasteiger charge is 2.57. The first kappa shape index (κ1) is 20.9. The summed E-state index contributed by atoms with van der Waals surface area (Å²) < 4.78 is 10.9. The zero-order valence-electron chi connectivity index (χ0n) is 17.1. The predicted molar refractivity (Wildman–Crippen MR) is 111 cm³/mol. The van der Waals surface area contributed by atoms with Crippen LogP contribution in [-0.2, 0) is 32.3 Å². The Balaban J connectivity index is 1.51. The SMILES string of the molecule is O=C(O)[C@H]1CC2(CC2)CN(C(=O)OCc2ccccc2)[C@@H]1C(=O)OCc1ccccc1. The van der Waals surface area contributed by atoms with Crippen LogP contribution >= 0.6 is 0 Å². The van der Waals surface area contributed by atoms with E-state index in [9.17, 15) is 19.5 Å². The zero-order valence-corrected chi connectivity index (χ0v) is 17.1. The molecule has 2 aliphatic rings. The lowest BCUT2D eigenvalue weighted by atomic mass is 9.81. The van der Waals surface area contributed by atoms with Crippen LogP contribution in [0.25, 0.3) is 0 Å². The van der Waals surface area contributed by atoms with Crippen molar-refractivity contribution in [2.75, 3.05) is 6.54 Å². The maximum atomic E-state index is 13.0. The highest BCUT2D eigenvalue weighted by atomic mass is 16.6. The molecule has 1 amide bonds. The first-order valence-electron chi connectivity index (χ1n) is 10.4. The molecule has 1 N–H and O–H groups in total. The molecule has 2 fully saturated rings. The zero-order chi connectivity index (χ0) is 21.8. The van der Waals surface area contributed by atoms with Gasteiger partial charge in [-0.2, -0.15) is 0 Å². The molecular weight excluding hydrogens is 398 g/mol. The van der Waals surface area contributed by atoms with Gasteiger partial charge in [-0.3, -0.25) is 9.69 Å². The molecule has 0 aromatic heterocycles. The van der Waals surface area contributed by atoms with Crippen molar-refractivity contribution in [3.05, 3.63) is 71.8 Å². The van der Waals surface area contributed by atoms with Gasteiger partial charge < -0.3 is 14.6 Å². The maximum Gasteiger partial charge on any atom is 0.410 e. The van der Waals surface area contributed by atoms with Crippen molar-refractivity contribution < 1.29 is 29.0 Å². The fourth-order valence-corrected chi connectivity index (χ4v) is 4.17. The van der Waals surface area contributed by atoms with Gasteiger partial charge in [-0.1, -0.05) is 60.7 Å². The summed E-state index contributed by atoms with van der Waals surface area (Å²) in [5.41, 5.74) is 1.35. The van der Waals surface area contributed by atoms with Crippen LogP contribution in [0.3, 0.4) is 0 Å². The molecule has 0 unspecified atom stereocenters. The van der Waals surface area contributed by atoms with Crippen molar-refractivity contribution >= 4 is 18.0 Å². The van der Waals surface area contributed by atoms with E-state index in [0.717, 1.165) is 24.0 Å². The maximum absolute atomic E-state index is 13.0. The fourth-order valence-electron chi connectivity index (χ4n) is 4.17. The third-order valence-electron chi connectivity index (χ3n) is 6.05. The van der Waals surface area contributed by atoms with Gasteiger partial charge in [0.15, 0.2) is 0 Å². The van der Waals surface area contributed by atoms with E-state index in [1.807, 2.05) is 60.7 Å². The molecule has 1 aliphatic heterocycles. The lowest BCUT2D eigenvalue weighted by molar-refractivity contribution is -0.164. The van der Waals surface area contributed by atoms with Gasteiger partial charge in [0.1, 0.15) is 19.3 Å². The van der Waals surface area contributed by atoms with Crippen LogP contribution in [0.2, 0.25) is 0 Å². The largest absolute Gasteiger partial charge is 0.481 e. The second kappa shape index (κ2) is 8.79.